The van der Waals surface area contributed by atoms with E-state index in [1.54, 1.807) is 19.9 Å². The maximum Gasteiger partial charge on any atom is 0.334 e. The molecule has 3 saturated carbocycles. The van der Waals surface area contributed by atoms with Crippen molar-refractivity contribution in [1.82, 2.24) is 0 Å². The summed E-state index contributed by atoms with van der Waals surface area (Å²) in [5, 5.41) is 13.5. The fourth-order valence-electron chi connectivity index (χ4n) is 12.0. The Morgan fingerprint density at radius 2 is 1.38 bits per heavy atom. The lowest BCUT2D eigenvalue weighted by molar-refractivity contribution is -0.345. The van der Waals surface area contributed by atoms with Gasteiger partial charge in [0.05, 0.1) is 36.8 Å². The molecule has 0 spiro atoms. The molecule has 0 aromatic heterocycles. The number of carbonyl (C=O) groups excluding carboxylic acids is 6. The van der Waals surface area contributed by atoms with Crippen molar-refractivity contribution in [2.45, 2.75) is 125 Å². The number of hydrogen-bond acceptors (Lipinski definition) is 14. The number of rotatable bonds is 7. The van der Waals surface area contributed by atoms with Gasteiger partial charge in [-0.15, -0.1) is 0 Å². The first-order valence-corrected chi connectivity index (χ1v) is 18.0. The minimum absolute atomic E-state index is 0.0144. The molecule has 52 heavy (non-hydrogen) atoms. The second kappa shape index (κ2) is 13.4. The molecule has 0 aromatic rings. The molecule has 5 rings (SSSR count). The molecule has 1 saturated heterocycles. The van der Waals surface area contributed by atoms with Gasteiger partial charge in [-0.2, -0.15) is 0 Å². The standard InChI is InChI=1S/C38H54O14/c1-18-14-25(33(44)46-11)36(10)32(52-24(7)43)31(51-23(6)42)35(9)26(38(36,45)15-18)12-13-34(8)27-16-47-17-37(27,19(2)48-20(3)39)30(50-22(5)41)28(29(34)35)49-21(4)40/h14,18-19,26-32,45H,12-13,15-17H2,1-11H3/t18?,19-,26?,27-,28-,29?,30-,31?,32?,34?,35?,36-,37?,38?/m0/s1. The molecule has 1 heterocycles. The van der Waals surface area contributed by atoms with Crippen LogP contribution < -0.4 is 0 Å². The first-order valence-electron chi connectivity index (χ1n) is 18.0. The van der Waals surface area contributed by atoms with Crippen LogP contribution >= 0.6 is 0 Å². The third-order valence-corrected chi connectivity index (χ3v) is 13.6. The molecule has 0 radical (unpaired) electrons. The van der Waals surface area contributed by atoms with Gasteiger partial charge in [0.25, 0.3) is 0 Å². The Morgan fingerprint density at radius 1 is 0.827 bits per heavy atom. The van der Waals surface area contributed by atoms with Gasteiger partial charge in [0.15, 0.2) is 12.2 Å². The fourth-order valence-corrected chi connectivity index (χ4v) is 12.0. The smallest absolute Gasteiger partial charge is 0.334 e. The lowest BCUT2D eigenvalue weighted by Crippen LogP contribution is -2.81. The number of esters is 6. The second-order valence-electron chi connectivity index (χ2n) is 16.4. The van der Waals surface area contributed by atoms with Gasteiger partial charge in [-0.05, 0) is 50.4 Å². The predicted octanol–water partition coefficient (Wildman–Crippen LogP) is 3.24. The molecule has 1 N–H and O–H groups in total. The maximum atomic E-state index is 13.6. The van der Waals surface area contributed by atoms with Crippen LogP contribution in [0.5, 0.6) is 0 Å². The van der Waals surface area contributed by atoms with Crippen molar-refractivity contribution in [1.29, 1.82) is 0 Å². The van der Waals surface area contributed by atoms with Crippen molar-refractivity contribution < 1.29 is 67.0 Å². The molecule has 14 heteroatoms. The van der Waals surface area contributed by atoms with E-state index in [4.69, 9.17) is 33.2 Å². The predicted molar refractivity (Wildman–Crippen MR) is 180 cm³/mol. The van der Waals surface area contributed by atoms with Crippen LogP contribution in [0.3, 0.4) is 0 Å². The zero-order valence-electron chi connectivity index (χ0n) is 32.1. The topological polar surface area (TPSA) is 187 Å². The number of allylic oxidation sites excluding steroid dienone is 1. The van der Waals surface area contributed by atoms with Crippen molar-refractivity contribution >= 4 is 35.8 Å². The SMILES string of the molecule is COC(=O)C1=CC(C)CC2(O)C3CCC4(C)C([C@H](OC(C)=O)[C@H](OC(C)=O)C5([C@H](C)OC(C)=O)COC[C@@H]45)C3(C)C(OC(C)=O)C(OC(C)=O)[C@]12C. The van der Waals surface area contributed by atoms with E-state index in [9.17, 15) is 33.9 Å². The summed E-state index contributed by atoms with van der Waals surface area (Å²) in [4.78, 5) is 78.5. The molecule has 0 amide bonds. The van der Waals surface area contributed by atoms with Crippen LogP contribution in [0, 0.1) is 45.3 Å². The molecule has 1 aliphatic heterocycles. The number of carbonyl (C=O) groups is 6. The summed E-state index contributed by atoms with van der Waals surface area (Å²) in [6.07, 6.45) is -3.51. The molecule has 4 fully saturated rings. The third kappa shape index (κ3) is 5.56. The van der Waals surface area contributed by atoms with E-state index in [2.05, 4.69) is 0 Å². The van der Waals surface area contributed by atoms with Crippen molar-refractivity contribution in [3.63, 3.8) is 0 Å². The van der Waals surface area contributed by atoms with Gasteiger partial charge in [-0.25, -0.2) is 4.79 Å². The summed E-state index contributed by atoms with van der Waals surface area (Å²) in [6, 6.07) is 0. The van der Waals surface area contributed by atoms with E-state index in [0.717, 1.165) is 0 Å². The van der Waals surface area contributed by atoms with Gasteiger partial charge in [-0.3, -0.25) is 24.0 Å². The Bertz CT molecular complexity index is 1560. The van der Waals surface area contributed by atoms with Gasteiger partial charge in [-0.1, -0.05) is 26.8 Å². The highest BCUT2D eigenvalue weighted by Crippen LogP contribution is 2.75. The minimum atomic E-state index is -1.78. The Balaban J connectivity index is 1.88. The van der Waals surface area contributed by atoms with Gasteiger partial charge < -0.3 is 38.3 Å². The lowest BCUT2D eigenvalue weighted by atomic mass is 9.32. The number of ether oxygens (including phenoxy) is 7. The molecule has 4 aliphatic carbocycles. The lowest BCUT2D eigenvalue weighted by Gasteiger charge is -2.74. The largest absolute Gasteiger partial charge is 0.466 e. The maximum absolute atomic E-state index is 13.6. The highest BCUT2D eigenvalue weighted by molar-refractivity contribution is 5.91. The Labute approximate surface area is 304 Å². The van der Waals surface area contributed by atoms with Gasteiger partial charge >= 0.3 is 35.8 Å². The van der Waals surface area contributed by atoms with E-state index in [0.29, 0.717) is 12.8 Å². The van der Waals surface area contributed by atoms with E-state index in [1.165, 1.54) is 41.7 Å². The van der Waals surface area contributed by atoms with Crippen LogP contribution in [0.4, 0.5) is 0 Å². The van der Waals surface area contributed by atoms with E-state index in [1.807, 2.05) is 20.8 Å². The molecule has 290 valence electrons. The van der Waals surface area contributed by atoms with E-state index in [-0.39, 0.29) is 31.1 Å². The summed E-state index contributed by atoms with van der Waals surface area (Å²) in [5.74, 6) is -6.55. The van der Waals surface area contributed by atoms with Crippen LogP contribution in [0.2, 0.25) is 0 Å². The summed E-state index contributed by atoms with van der Waals surface area (Å²) in [7, 11) is 1.22. The first kappa shape index (κ1) is 39.7. The normalized spacial score (nSPS) is 43.8. The number of aliphatic hydroxyl groups is 1. The zero-order valence-corrected chi connectivity index (χ0v) is 32.1. The average Bonchev–Trinajstić information content (AvgIpc) is 3.48. The van der Waals surface area contributed by atoms with Gasteiger partial charge in [0.2, 0.25) is 0 Å². The monoisotopic (exact) mass is 734 g/mol. The van der Waals surface area contributed by atoms with Crippen LogP contribution in [0.15, 0.2) is 11.6 Å². The summed E-state index contributed by atoms with van der Waals surface area (Å²) in [5.41, 5.74) is -6.77. The molecule has 5 aliphatic rings. The molecule has 0 aromatic carbocycles. The molecular weight excluding hydrogens is 680 g/mol. The van der Waals surface area contributed by atoms with Crippen molar-refractivity contribution in [3.05, 3.63) is 11.6 Å². The Kier molecular flexibility index (Phi) is 10.2. The highest BCUT2D eigenvalue weighted by Gasteiger charge is 2.82. The molecule has 14 nitrogen and oxygen atoms in total. The fraction of sp³-hybridized carbons (Fsp3) is 0.789. The Morgan fingerprint density at radius 3 is 1.92 bits per heavy atom. The van der Waals surface area contributed by atoms with Gasteiger partial charge in [0.1, 0.15) is 18.3 Å². The number of hydrogen-bond donors (Lipinski definition) is 1. The van der Waals surface area contributed by atoms with Gasteiger partial charge in [0, 0.05) is 57.4 Å². The first-order chi connectivity index (χ1) is 24.1. The summed E-state index contributed by atoms with van der Waals surface area (Å²) < 4.78 is 42.1. The van der Waals surface area contributed by atoms with Crippen molar-refractivity contribution in [3.8, 4) is 0 Å². The summed E-state index contributed by atoms with van der Waals surface area (Å²) >= 11 is 0. The van der Waals surface area contributed by atoms with Crippen molar-refractivity contribution in [2.24, 2.45) is 45.3 Å². The van der Waals surface area contributed by atoms with Crippen molar-refractivity contribution in [2.75, 3.05) is 20.3 Å². The van der Waals surface area contributed by atoms with Crippen LogP contribution in [0.1, 0.15) is 88.5 Å². The quantitative estimate of drug-likeness (QED) is 0.297. The summed E-state index contributed by atoms with van der Waals surface area (Å²) in [6.45, 7) is 15.4. The minimum Gasteiger partial charge on any atom is -0.466 e. The van der Waals surface area contributed by atoms with E-state index >= 15 is 0 Å². The third-order valence-electron chi connectivity index (χ3n) is 13.6. The molecule has 14 atom stereocenters. The van der Waals surface area contributed by atoms with Crippen LogP contribution in [0.25, 0.3) is 0 Å². The highest BCUT2D eigenvalue weighted by atomic mass is 16.6. The Hall–Kier alpha value is -3.52. The molecular formula is C38H54O14. The van der Waals surface area contributed by atoms with E-state index < -0.39 is 111 Å². The number of methoxy groups -OCH3 is 1. The van der Waals surface area contributed by atoms with Crippen LogP contribution in [-0.2, 0) is 61.9 Å². The van der Waals surface area contributed by atoms with Crippen LogP contribution in [-0.4, -0.2) is 97.4 Å². The second-order valence-corrected chi connectivity index (χ2v) is 16.4. The number of fused-ring (bicyclic) bond motifs is 7. The molecule has 9 unspecified atom stereocenters. The molecule has 0 bridgehead atoms. The average molecular weight is 735 g/mol. The zero-order chi connectivity index (χ0) is 38.9.